The van der Waals surface area contributed by atoms with E-state index in [4.69, 9.17) is 21.1 Å². The number of benzene rings is 3. The molecule has 1 unspecified atom stereocenters. The first kappa shape index (κ1) is 40.4. The van der Waals surface area contributed by atoms with E-state index in [0.29, 0.717) is 22.7 Å². The van der Waals surface area contributed by atoms with Crippen molar-refractivity contribution in [1.82, 2.24) is 9.80 Å². The molecular weight excluding hydrogens is 786 g/mol. The second-order valence-corrected chi connectivity index (χ2v) is 16.1. The molecule has 0 radical (unpaired) electrons. The summed E-state index contributed by atoms with van der Waals surface area (Å²) in [4.78, 5) is 62.3. The fraction of sp³-hybridized carbons (Fsp3) is 0.395. The molecule has 3 heterocycles. The van der Waals surface area contributed by atoms with Gasteiger partial charge in [-0.3, -0.25) is 19.2 Å². The predicted molar refractivity (Wildman–Crippen MR) is 215 cm³/mol. The van der Waals surface area contributed by atoms with Gasteiger partial charge in [-0.05, 0) is 61.6 Å². The van der Waals surface area contributed by atoms with E-state index in [2.05, 4.69) is 29.1 Å². The molecule has 3 amide bonds. The summed E-state index contributed by atoms with van der Waals surface area (Å²) >= 11 is 9.97. The van der Waals surface area contributed by atoms with E-state index in [1.807, 2.05) is 67.6 Å². The lowest BCUT2D eigenvalue weighted by atomic mass is 9.70. The third-order valence-corrected chi connectivity index (χ3v) is 12.3. The smallest absolute Gasteiger partial charge is 0.313 e. The highest BCUT2D eigenvalue weighted by atomic mass is 79.9. The van der Waals surface area contributed by atoms with Crippen molar-refractivity contribution >= 4 is 56.9 Å². The van der Waals surface area contributed by atoms with Gasteiger partial charge >= 0.3 is 5.97 Å². The number of nitrogens with zero attached hydrogens (tertiary/aromatic N) is 3. The lowest BCUT2D eigenvalue weighted by molar-refractivity contribution is -0.165. The van der Waals surface area contributed by atoms with Crippen LogP contribution in [-0.4, -0.2) is 93.5 Å². The Balaban J connectivity index is 1.41. The van der Waals surface area contributed by atoms with Crippen LogP contribution in [0.15, 0.2) is 110 Å². The molecule has 3 aliphatic rings. The van der Waals surface area contributed by atoms with Crippen molar-refractivity contribution in [3.63, 3.8) is 0 Å². The van der Waals surface area contributed by atoms with Crippen molar-refractivity contribution in [2.45, 2.75) is 73.4 Å². The first-order valence-electron chi connectivity index (χ1n) is 18.6. The lowest BCUT2D eigenvalue weighted by Crippen LogP contribution is -2.59. The summed E-state index contributed by atoms with van der Waals surface area (Å²) in [5.74, 6) is -3.88. The molecule has 3 aromatic carbocycles. The van der Waals surface area contributed by atoms with Gasteiger partial charge in [-0.25, -0.2) is 0 Å². The maximum Gasteiger partial charge on any atom is 0.313 e. The van der Waals surface area contributed by atoms with E-state index < -0.39 is 77.0 Å². The number of carbonyl (C=O) groups excluding carboxylic acids is 4. The van der Waals surface area contributed by atoms with Gasteiger partial charge in [0.1, 0.15) is 17.7 Å². The van der Waals surface area contributed by atoms with Crippen LogP contribution >= 0.6 is 27.5 Å². The molecule has 3 aliphatic heterocycles. The molecule has 0 saturated carbocycles. The van der Waals surface area contributed by atoms with Gasteiger partial charge in [-0.2, -0.15) is 0 Å². The summed E-state index contributed by atoms with van der Waals surface area (Å²) in [7, 11) is 1.68. The number of likely N-dealkylation sites (N-methyl/N-ethyl adjacent to an activating group) is 1. The number of allylic oxidation sites excluding steroid dienone is 1. The van der Waals surface area contributed by atoms with Gasteiger partial charge in [-0.1, -0.05) is 100 Å². The molecule has 3 saturated heterocycles. The zero-order valence-electron chi connectivity index (χ0n) is 31.0. The van der Waals surface area contributed by atoms with Crippen LogP contribution in [0.5, 0.6) is 0 Å². The molecule has 10 nitrogen and oxygen atoms in total. The van der Waals surface area contributed by atoms with Crippen LogP contribution in [0.4, 0.5) is 5.69 Å². The molecule has 12 heteroatoms. The van der Waals surface area contributed by atoms with Crippen LogP contribution in [0.3, 0.4) is 0 Å². The molecule has 3 aromatic rings. The van der Waals surface area contributed by atoms with Crippen LogP contribution in [0.1, 0.15) is 43.4 Å². The summed E-state index contributed by atoms with van der Waals surface area (Å²) in [6, 6.07) is 22.8. The van der Waals surface area contributed by atoms with Gasteiger partial charge in [0.25, 0.3) is 5.91 Å². The van der Waals surface area contributed by atoms with Crippen molar-refractivity contribution in [2.75, 3.05) is 25.1 Å². The Bertz CT molecular complexity index is 1880. The third-order valence-electron chi connectivity index (χ3n) is 11.2. The zero-order valence-corrected chi connectivity index (χ0v) is 33.3. The third kappa shape index (κ3) is 7.77. The summed E-state index contributed by atoms with van der Waals surface area (Å²) in [5.41, 5.74) is 0.648. The molecule has 1 N–H and O–H groups in total. The highest BCUT2D eigenvalue weighted by molar-refractivity contribution is 9.09. The average Bonchev–Trinajstić information content (AvgIpc) is 3.80. The van der Waals surface area contributed by atoms with Crippen molar-refractivity contribution < 1.29 is 33.8 Å². The number of amides is 3. The number of hydrogen-bond acceptors (Lipinski definition) is 7. The normalized spacial score (nSPS) is 25.4. The summed E-state index contributed by atoms with van der Waals surface area (Å²) in [6.45, 7) is 9.11. The van der Waals surface area contributed by atoms with E-state index in [1.165, 1.54) is 9.80 Å². The molecule has 9 atom stereocenters. The van der Waals surface area contributed by atoms with Crippen molar-refractivity contribution in [3.8, 4) is 0 Å². The first-order valence-corrected chi connectivity index (χ1v) is 19.8. The number of rotatable bonds is 16. The quantitative estimate of drug-likeness (QED) is 0.102. The van der Waals surface area contributed by atoms with E-state index in [9.17, 15) is 14.7 Å². The van der Waals surface area contributed by atoms with Gasteiger partial charge in [0.15, 0.2) is 0 Å². The van der Waals surface area contributed by atoms with Crippen LogP contribution in [0, 0.1) is 11.8 Å². The number of likely N-dealkylation sites (tertiary alicyclic amines) is 1. The fourth-order valence-electron chi connectivity index (χ4n) is 8.49. The van der Waals surface area contributed by atoms with Crippen LogP contribution < -0.4 is 4.90 Å². The summed E-state index contributed by atoms with van der Waals surface area (Å²) in [5, 5.41) is 11.4. The maximum absolute atomic E-state index is 15.1. The van der Waals surface area contributed by atoms with Gasteiger partial charge in [0, 0.05) is 35.6 Å². The SMILES string of the molecule is C=CCCC(=O)N(C)[C@@H](C)[C@@H](OC(=O)[C@H]1[C@@H]2O[C@@]3(CC2Br)[C@@H]1C(=O)N([C@@H](CO)Cc1ccccc1)[C@@H]3C(=O)N(CC=C)c1ccc(Cl)cc1)c1ccccc1. The Morgan fingerprint density at radius 1 is 1.05 bits per heavy atom. The number of anilines is 1. The monoisotopic (exact) mass is 831 g/mol. The highest BCUT2D eigenvalue weighted by Crippen LogP contribution is 2.61. The fourth-order valence-corrected chi connectivity index (χ4v) is 9.56. The molecule has 6 rings (SSSR count). The Hall–Kier alpha value is -4.29. The number of aliphatic hydroxyl groups excluding tert-OH is 1. The molecule has 1 spiro atoms. The largest absolute Gasteiger partial charge is 0.455 e. The molecule has 2 bridgehead atoms. The molecule has 0 aliphatic carbocycles. The van der Waals surface area contributed by atoms with Gasteiger partial charge in [0.2, 0.25) is 11.8 Å². The minimum absolute atomic E-state index is 0.116. The number of halogens is 2. The lowest BCUT2D eigenvalue weighted by Gasteiger charge is -2.39. The second-order valence-electron chi connectivity index (χ2n) is 14.5. The van der Waals surface area contributed by atoms with E-state index in [-0.39, 0.29) is 31.7 Å². The summed E-state index contributed by atoms with van der Waals surface area (Å²) in [6.07, 6.45) is 2.88. The number of fused-ring (bicyclic) bond motifs is 1. The summed E-state index contributed by atoms with van der Waals surface area (Å²) < 4.78 is 13.2. The van der Waals surface area contributed by atoms with Crippen molar-refractivity contribution in [1.29, 1.82) is 0 Å². The van der Waals surface area contributed by atoms with Crippen LogP contribution in [0.25, 0.3) is 0 Å². The Kier molecular flexibility index (Phi) is 12.7. The van der Waals surface area contributed by atoms with Gasteiger partial charge in [0.05, 0.1) is 36.6 Å². The number of aliphatic hydroxyl groups is 1. The van der Waals surface area contributed by atoms with Gasteiger partial charge < -0.3 is 29.3 Å². The van der Waals surface area contributed by atoms with Crippen molar-refractivity contribution in [2.24, 2.45) is 11.8 Å². The molecule has 290 valence electrons. The average molecular weight is 833 g/mol. The standard InChI is InChI=1S/C43H47BrClN3O7/c1-5-7-18-34(50)46(4)27(3)37(29-16-12-9-13-17-29)54-42(53)35-36-40(51)48(32(26-49)24-28-14-10-8-11-15-28)39(43(36)25-33(44)38(35)55-43)41(52)47(23-6-2)31-21-19-30(45)20-22-31/h5-6,8-17,19-22,27,32-33,35-39,49H,1-2,7,18,23-26H2,3-4H3/t27-,32+,33?,35+,36-,37+,38+,39+,43-/m0/s1. The maximum atomic E-state index is 15.1. The molecule has 3 fully saturated rings. The van der Waals surface area contributed by atoms with Crippen molar-refractivity contribution in [3.05, 3.63) is 126 Å². The highest BCUT2D eigenvalue weighted by Gasteiger charge is 2.77. The number of hydrogen-bond donors (Lipinski definition) is 1. The van der Waals surface area contributed by atoms with Crippen LogP contribution in [0.2, 0.25) is 5.02 Å². The second kappa shape index (κ2) is 17.2. The number of carbonyl (C=O) groups is 4. The van der Waals surface area contributed by atoms with E-state index >= 15 is 9.59 Å². The van der Waals surface area contributed by atoms with Crippen LogP contribution in [-0.2, 0) is 35.1 Å². The number of esters is 1. The molecule has 0 aromatic heterocycles. The van der Waals surface area contributed by atoms with Gasteiger partial charge in [-0.15, -0.1) is 13.2 Å². The first-order chi connectivity index (χ1) is 26.5. The molecular formula is C43H47BrClN3O7. The number of alkyl halides is 1. The minimum atomic E-state index is -1.43. The zero-order chi connectivity index (χ0) is 39.4. The molecule has 55 heavy (non-hydrogen) atoms. The van der Waals surface area contributed by atoms with E-state index in [1.54, 1.807) is 48.4 Å². The topological polar surface area (TPSA) is 117 Å². The Morgan fingerprint density at radius 3 is 2.33 bits per heavy atom. The minimum Gasteiger partial charge on any atom is -0.455 e. The number of ether oxygens (including phenoxy) is 2. The van der Waals surface area contributed by atoms with E-state index in [0.717, 1.165) is 5.56 Å². The Labute approximate surface area is 335 Å². The predicted octanol–water partition coefficient (Wildman–Crippen LogP) is 6.31. The Morgan fingerprint density at radius 2 is 1.71 bits per heavy atom.